The maximum atomic E-state index is 10.6. The second-order valence-corrected chi connectivity index (χ2v) is 6.57. The zero-order valence-corrected chi connectivity index (χ0v) is 15.6. The van der Waals surface area contributed by atoms with Gasteiger partial charge in [-0.25, -0.2) is 13.0 Å². The lowest BCUT2D eigenvalue weighted by atomic mass is 10.1. The van der Waals surface area contributed by atoms with E-state index in [0.717, 1.165) is 35.4 Å². The van der Waals surface area contributed by atoms with E-state index in [1.165, 1.54) is 0 Å². The zero-order chi connectivity index (χ0) is 19.9. The Bertz CT molecular complexity index is 1110. The average molecular weight is 383 g/mol. The number of aromatic nitrogens is 1. The van der Waals surface area contributed by atoms with Gasteiger partial charge >= 0.3 is 0 Å². The summed E-state index contributed by atoms with van der Waals surface area (Å²) in [7, 11) is -1.58. The van der Waals surface area contributed by atoms with Crippen LogP contribution in [0.1, 0.15) is 21.5 Å². The number of hydrogen-bond acceptors (Lipinski definition) is 5. The molecule has 0 amide bonds. The third-order valence-corrected chi connectivity index (χ3v) is 4.04. The Kier molecular flexibility index (Phi) is 6.79. The minimum Gasteiger partial charge on any atom is -0.726 e. The Balaban J connectivity index is 0.000000380. The lowest BCUT2D eigenvalue weighted by molar-refractivity contribution is -0.644. The summed E-state index contributed by atoms with van der Waals surface area (Å²) < 4.78 is 33.1. The van der Waals surface area contributed by atoms with Crippen LogP contribution in [0, 0.1) is 11.8 Å². The van der Waals surface area contributed by atoms with Crippen molar-refractivity contribution in [1.29, 1.82) is 0 Å². The molecule has 0 aliphatic rings. The number of nitrogens with zero attached hydrogens (tertiary/aromatic N) is 1. The number of carbonyl (C=O) groups excluding carboxylic acids is 1. The molecular formula is C20H17NO5S. The maximum absolute atomic E-state index is 10.6. The van der Waals surface area contributed by atoms with Gasteiger partial charge in [0.25, 0.3) is 0 Å². The Hall–Kier alpha value is -3.05. The van der Waals surface area contributed by atoms with Gasteiger partial charge in [0.2, 0.25) is 15.9 Å². The Labute approximate surface area is 158 Å². The van der Waals surface area contributed by atoms with Gasteiger partial charge in [0.15, 0.2) is 6.20 Å². The molecule has 27 heavy (non-hydrogen) atoms. The van der Waals surface area contributed by atoms with Crippen molar-refractivity contribution in [2.24, 2.45) is 7.05 Å². The van der Waals surface area contributed by atoms with Gasteiger partial charge in [0.1, 0.15) is 13.3 Å². The van der Waals surface area contributed by atoms with Crippen LogP contribution in [-0.2, 0) is 21.6 Å². The number of hydrogen-bond donors (Lipinski definition) is 0. The summed E-state index contributed by atoms with van der Waals surface area (Å²) in [5, 5.41) is 1.14. The Morgan fingerprint density at radius 3 is 2.26 bits per heavy atom. The molecule has 0 aliphatic heterocycles. The molecule has 0 spiro atoms. The normalized spacial score (nSPS) is 10.3. The number of benzene rings is 2. The van der Waals surface area contributed by atoms with Crippen LogP contribution in [-0.4, -0.2) is 26.4 Å². The van der Waals surface area contributed by atoms with Crippen molar-refractivity contribution < 1.29 is 26.5 Å². The molecule has 138 valence electrons. The molecule has 0 saturated carbocycles. The molecule has 3 rings (SSSR count). The summed E-state index contributed by atoms with van der Waals surface area (Å²) >= 11 is 0. The third-order valence-electron chi connectivity index (χ3n) is 3.63. The molecular weight excluding hydrogens is 366 g/mol. The van der Waals surface area contributed by atoms with Gasteiger partial charge in [-0.1, -0.05) is 36.1 Å². The van der Waals surface area contributed by atoms with Crippen LogP contribution in [0.4, 0.5) is 0 Å². The highest BCUT2D eigenvalue weighted by atomic mass is 32.3. The van der Waals surface area contributed by atoms with E-state index < -0.39 is 10.4 Å². The molecule has 0 saturated heterocycles. The molecule has 0 radical (unpaired) electrons. The maximum Gasteiger partial charge on any atom is 0.217 e. The largest absolute Gasteiger partial charge is 0.726 e. The highest BCUT2D eigenvalue weighted by molar-refractivity contribution is 7.80. The molecule has 0 bridgehead atoms. The van der Waals surface area contributed by atoms with Crippen LogP contribution in [0.5, 0.6) is 0 Å². The Morgan fingerprint density at radius 1 is 1.04 bits per heavy atom. The van der Waals surface area contributed by atoms with E-state index in [-0.39, 0.29) is 0 Å². The van der Waals surface area contributed by atoms with Crippen molar-refractivity contribution in [2.75, 3.05) is 7.11 Å². The second-order valence-electron chi connectivity index (χ2n) is 5.42. The highest BCUT2D eigenvalue weighted by Crippen LogP contribution is 2.14. The van der Waals surface area contributed by atoms with Crippen molar-refractivity contribution in [3.63, 3.8) is 0 Å². The first-order valence-corrected chi connectivity index (χ1v) is 9.13. The van der Waals surface area contributed by atoms with E-state index in [1.54, 1.807) is 12.1 Å². The number of para-hydroxylation sites is 1. The van der Waals surface area contributed by atoms with Crippen LogP contribution in [0.2, 0.25) is 0 Å². The summed E-state index contributed by atoms with van der Waals surface area (Å²) in [6.07, 6.45) is 2.85. The lowest BCUT2D eigenvalue weighted by Gasteiger charge is -1.98. The molecule has 7 heteroatoms. The standard InChI is InChI=1S/C19H14NO.CH4O4S/c1-20-13-12-17(18-4-2-3-5-19(18)20)11-10-15-6-8-16(14-21)9-7-15;1-5-6(2,3)4/h2-9,12-14H,1H3;1H3,(H,2,3,4)/q+1;/p-1. The second kappa shape index (κ2) is 9.05. The number of pyridine rings is 1. The summed E-state index contributed by atoms with van der Waals surface area (Å²) in [6, 6.07) is 17.5. The minimum atomic E-state index is -4.41. The van der Waals surface area contributed by atoms with E-state index in [2.05, 4.69) is 32.7 Å². The molecule has 0 unspecified atom stereocenters. The van der Waals surface area contributed by atoms with Gasteiger partial charge in [0, 0.05) is 28.8 Å². The van der Waals surface area contributed by atoms with Gasteiger partial charge < -0.3 is 4.55 Å². The van der Waals surface area contributed by atoms with Gasteiger partial charge in [-0.05, 0) is 18.2 Å². The van der Waals surface area contributed by atoms with E-state index in [1.807, 2.05) is 43.6 Å². The molecule has 0 atom stereocenters. The van der Waals surface area contributed by atoms with Gasteiger partial charge in [0.05, 0.1) is 12.5 Å². The van der Waals surface area contributed by atoms with E-state index in [0.29, 0.717) is 5.56 Å². The zero-order valence-electron chi connectivity index (χ0n) is 14.7. The van der Waals surface area contributed by atoms with Crippen LogP contribution in [0.25, 0.3) is 10.9 Å². The third kappa shape index (κ3) is 6.01. The van der Waals surface area contributed by atoms with Crippen molar-refractivity contribution in [3.05, 3.63) is 77.5 Å². The quantitative estimate of drug-likeness (QED) is 0.222. The summed E-state index contributed by atoms with van der Waals surface area (Å²) in [4.78, 5) is 10.6. The summed E-state index contributed by atoms with van der Waals surface area (Å²) in [5.41, 5.74) is 3.72. The Morgan fingerprint density at radius 2 is 1.67 bits per heavy atom. The van der Waals surface area contributed by atoms with Crippen LogP contribution >= 0.6 is 0 Å². The molecule has 0 N–H and O–H groups in total. The predicted molar refractivity (Wildman–Crippen MR) is 99.6 cm³/mol. The summed E-state index contributed by atoms with van der Waals surface area (Å²) in [5.74, 6) is 6.37. The summed E-state index contributed by atoms with van der Waals surface area (Å²) in [6.45, 7) is 0. The fraction of sp³-hybridized carbons (Fsp3) is 0.100. The van der Waals surface area contributed by atoms with Crippen molar-refractivity contribution in [3.8, 4) is 11.8 Å². The number of aryl methyl sites for hydroxylation is 1. The number of fused-ring (bicyclic) bond motifs is 1. The molecule has 1 aromatic heterocycles. The fourth-order valence-corrected chi connectivity index (χ4v) is 2.26. The monoisotopic (exact) mass is 383 g/mol. The smallest absolute Gasteiger partial charge is 0.217 e. The average Bonchev–Trinajstić information content (AvgIpc) is 2.68. The topological polar surface area (TPSA) is 87.4 Å². The van der Waals surface area contributed by atoms with E-state index in [9.17, 15) is 17.8 Å². The first kappa shape index (κ1) is 20.3. The fourth-order valence-electron chi connectivity index (χ4n) is 2.26. The van der Waals surface area contributed by atoms with Crippen LogP contribution in [0.15, 0.2) is 60.8 Å². The number of aldehydes is 1. The van der Waals surface area contributed by atoms with Crippen LogP contribution < -0.4 is 4.57 Å². The van der Waals surface area contributed by atoms with E-state index in [4.69, 9.17) is 0 Å². The molecule has 0 fully saturated rings. The molecule has 0 aliphatic carbocycles. The van der Waals surface area contributed by atoms with Crippen LogP contribution in [0.3, 0.4) is 0 Å². The highest BCUT2D eigenvalue weighted by Gasteiger charge is 2.06. The predicted octanol–water partition coefficient (Wildman–Crippen LogP) is 1.97. The molecule has 3 aromatic rings. The molecule has 2 aromatic carbocycles. The van der Waals surface area contributed by atoms with Gasteiger partial charge in [-0.3, -0.25) is 8.98 Å². The van der Waals surface area contributed by atoms with Gasteiger partial charge in [-0.2, -0.15) is 0 Å². The first-order chi connectivity index (χ1) is 12.8. The van der Waals surface area contributed by atoms with Gasteiger partial charge in [-0.15, -0.1) is 0 Å². The van der Waals surface area contributed by atoms with Crippen molar-refractivity contribution >= 4 is 27.6 Å². The SMILES string of the molecule is COS(=O)(=O)[O-].C[n+]1ccc(C#Cc2ccc(C=O)cc2)c2ccccc21. The number of carbonyl (C=O) groups is 1. The van der Waals surface area contributed by atoms with Crippen molar-refractivity contribution in [2.45, 2.75) is 0 Å². The number of rotatable bonds is 2. The first-order valence-electron chi connectivity index (χ1n) is 7.80. The molecule has 1 heterocycles. The van der Waals surface area contributed by atoms with E-state index >= 15 is 0 Å². The van der Waals surface area contributed by atoms with Crippen molar-refractivity contribution in [1.82, 2.24) is 0 Å². The molecule has 6 nitrogen and oxygen atoms in total. The lowest BCUT2D eigenvalue weighted by Crippen LogP contribution is -2.28. The minimum absolute atomic E-state index is 0.665.